The maximum absolute atomic E-state index is 10.8. The summed E-state index contributed by atoms with van der Waals surface area (Å²) in [4.78, 5) is 10.8. The Kier molecular flexibility index (Phi) is 6.68. The van der Waals surface area contributed by atoms with Gasteiger partial charge in [-0.2, -0.15) is 0 Å². The second-order valence-electron chi connectivity index (χ2n) is 3.11. The highest BCUT2D eigenvalue weighted by Gasteiger charge is 2.27. The highest BCUT2D eigenvalue weighted by atomic mass is 16.5. The van der Waals surface area contributed by atoms with E-state index in [0.717, 1.165) is 6.26 Å². The molecule has 0 saturated carbocycles. The maximum atomic E-state index is 10.8. The quantitative estimate of drug-likeness (QED) is 0.414. The van der Waals surface area contributed by atoms with Crippen molar-refractivity contribution in [2.75, 3.05) is 6.61 Å². The van der Waals surface area contributed by atoms with Crippen molar-refractivity contribution in [1.29, 1.82) is 0 Å². The van der Waals surface area contributed by atoms with Gasteiger partial charge in [-0.1, -0.05) is 0 Å². The van der Waals surface area contributed by atoms with Crippen LogP contribution in [0.2, 0.25) is 0 Å². The fourth-order valence-electron chi connectivity index (χ4n) is 1.02. The standard InChI is InChI=1S/C9H16O6/c1-6(12)4-8(15-3-2-10)9(14)7(13)5-11/h2-3,7-11,13-14H,4-5H2,1H3/b3-2-/t7?,8-,9?/m0/s1. The van der Waals surface area contributed by atoms with Crippen LogP contribution in [0.15, 0.2) is 12.5 Å². The first kappa shape index (κ1) is 13.9. The van der Waals surface area contributed by atoms with E-state index in [1.54, 1.807) is 0 Å². The van der Waals surface area contributed by atoms with E-state index in [-0.39, 0.29) is 12.2 Å². The summed E-state index contributed by atoms with van der Waals surface area (Å²) in [7, 11) is 0. The molecule has 0 aliphatic rings. The predicted molar refractivity (Wildman–Crippen MR) is 51.0 cm³/mol. The van der Waals surface area contributed by atoms with Crippen LogP contribution in [0, 0.1) is 0 Å². The number of aliphatic hydroxyl groups is 4. The number of carbonyl (C=O) groups excluding carboxylic acids is 1. The first-order valence-corrected chi connectivity index (χ1v) is 4.44. The van der Waals surface area contributed by atoms with E-state index >= 15 is 0 Å². The van der Waals surface area contributed by atoms with Crippen LogP contribution in [0.1, 0.15) is 13.3 Å². The molecule has 4 N–H and O–H groups in total. The van der Waals surface area contributed by atoms with Crippen LogP contribution in [0.5, 0.6) is 0 Å². The van der Waals surface area contributed by atoms with Gasteiger partial charge in [-0.3, -0.25) is 4.79 Å². The Morgan fingerprint density at radius 2 is 2.07 bits per heavy atom. The van der Waals surface area contributed by atoms with Crippen molar-refractivity contribution in [2.24, 2.45) is 0 Å². The molecule has 0 radical (unpaired) electrons. The molecule has 0 amide bonds. The molecule has 0 fully saturated rings. The van der Waals surface area contributed by atoms with Gasteiger partial charge in [0.1, 0.15) is 36.6 Å². The van der Waals surface area contributed by atoms with Crippen LogP contribution in [0.3, 0.4) is 0 Å². The summed E-state index contributed by atoms with van der Waals surface area (Å²) in [6.45, 7) is 0.666. The lowest BCUT2D eigenvalue weighted by molar-refractivity contribution is -0.125. The van der Waals surface area contributed by atoms with Crippen molar-refractivity contribution in [2.45, 2.75) is 31.7 Å². The van der Waals surface area contributed by atoms with Gasteiger partial charge in [0.25, 0.3) is 0 Å². The predicted octanol–water partition coefficient (Wildman–Crippen LogP) is -0.906. The summed E-state index contributed by atoms with van der Waals surface area (Å²) >= 11 is 0. The van der Waals surface area contributed by atoms with Crippen molar-refractivity contribution in [1.82, 2.24) is 0 Å². The van der Waals surface area contributed by atoms with E-state index in [4.69, 9.17) is 20.1 Å². The van der Waals surface area contributed by atoms with Crippen LogP contribution in [0.4, 0.5) is 0 Å². The van der Waals surface area contributed by atoms with Crippen molar-refractivity contribution < 1.29 is 30.0 Å². The maximum Gasteiger partial charge on any atom is 0.133 e. The highest BCUT2D eigenvalue weighted by Crippen LogP contribution is 2.10. The molecule has 0 bridgehead atoms. The van der Waals surface area contributed by atoms with E-state index < -0.39 is 24.9 Å². The minimum Gasteiger partial charge on any atom is -0.512 e. The van der Waals surface area contributed by atoms with Gasteiger partial charge < -0.3 is 25.2 Å². The Balaban J connectivity index is 4.38. The summed E-state index contributed by atoms with van der Waals surface area (Å²) in [5.74, 6) is -0.240. The van der Waals surface area contributed by atoms with Gasteiger partial charge in [-0.05, 0) is 6.92 Å². The van der Waals surface area contributed by atoms with E-state index in [1.165, 1.54) is 6.92 Å². The van der Waals surface area contributed by atoms with Crippen molar-refractivity contribution in [3.05, 3.63) is 12.5 Å². The smallest absolute Gasteiger partial charge is 0.133 e. The number of Topliss-reactive ketones (excluding diaryl/α,β-unsaturated/α-hetero) is 1. The van der Waals surface area contributed by atoms with Gasteiger partial charge in [-0.25, -0.2) is 0 Å². The molecule has 0 aromatic rings. The van der Waals surface area contributed by atoms with Crippen LogP contribution in [-0.4, -0.2) is 51.1 Å². The molecule has 6 heteroatoms. The molecular formula is C9H16O6. The molecular weight excluding hydrogens is 204 g/mol. The zero-order valence-electron chi connectivity index (χ0n) is 8.41. The van der Waals surface area contributed by atoms with Gasteiger partial charge in [0.15, 0.2) is 0 Å². The van der Waals surface area contributed by atoms with Crippen LogP contribution >= 0.6 is 0 Å². The Morgan fingerprint density at radius 3 is 2.47 bits per heavy atom. The van der Waals surface area contributed by atoms with Gasteiger partial charge in [0, 0.05) is 6.42 Å². The summed E-state index contributed by atoms with van der Waals surface area (Å²) < 4.78 is 4.81. The van der Waals surface area contributed by atoms with Crippen LogP contribution in [0.25, 0.3) is 0 Å². The minimum absolute atomic E-state index is 0.122. The van der Waals surface area contributed by atoms with E-state index in [1.807, 2.05) is 0 Å². The molecule has 0 aliphatic heterocycles. The fourth-order valence-corrected chi connectivity index (χ4v) is 1.02. The van der Waals surface area contributed by atoms with Crippen molar-refractivity contribution in [3.63, 3.8) is 0 Å². The number of aliphatic hydroxyl groups excluding tert-OH is 4. The van der Waals surface area contributed by atoms with E-state index in [9.17, 15) is 9.90 Å². The summed E-state index contributed by atoms with van der Waals surface area (Å²) in [5.41, 5.74) is 0. The normalized spacial score (nSPS) is 17.3. The molecule has 0 aromatic heterocycles. The first-order valence-electron chi connectivity index (χ1n) is 4.44. The second-order valence-corrected chi connectivity index (χ2v) is 3.11. The second kappa shape index (κ2) is 7.22. The molecule has 3 atom stereocenters. The number of ketones is 1. The Morgan fingerprint density at radius 1 is 1.47 bits per heavy atom. The van der Waals surface area contributed by atoms with Crippen LogP contribution < -0.4 is 0 Å². The molecule has 0 saturated heterocycles. The topological polar surface area (TPSA) is 107 Å². The lowest BCUT2D eigenvalue weighted by Crippen LogP contribution is -2.41. The lowest BCUT2D eigenvalue weighted by atomic mass is 10.0. The SMILES string of the molecule is CC(=O)C[C@H](O/C=C\O)C(O)C(O)CO. The third kappa shape index (κ3) is 5.36. The Bertz CT molecular complexity index is 215. The number of ether oxygens (including phenoxy) is 1. The summed E-state index contributed by atoms with van der Waals surface area (Å²) in [6, 6.07) is 0. The number of hydrogen-bond donors (Lipinski definition) is 4. The Hall–Kier alpha value is -1.11. The molecule has 0 rings (SSSR count). The fraction of sp³-hybridized carbons (Fsp3) is 0.667. The monoisotopic (exact) mass is 220 g/mol. The lowest BCUT2D eigenvalue weighted by Gasteiger charge is -2.24. The largest absolute Gasteiger partial charge is 0.512 e. The molecule has 6 nitrogen and oxygen atoms in total. The van der Waals surface area contributed by atoms with Crippen molar-refractivity contribution >= 4 is 5.78 Å². The average Bonchev–Trinajstić information content (AvgIpc) is 2.21. The molecule has 15 heavy (non-hydrogen) atoms. The summed E-state index contributed by atoms with van der Waals surface area (Å²) in [5, 5.41) is 35.5. The zero-order valence-corrected chi connectivity index (χ0v) is 8.41. The minimum atomic E-state index is -1.39. The van der Waals surface area contributed by atoms with Gasteiger partial charge in [0.05, 0.1) is 6.61 Å². The average molecular weight is 220 g/mol. The van der Waals surface area contributed by atoms with Gasteiger partial charge in [0.2, 0.25) is 0 Å². The molecule has 0 aliphatic carbocycles. The third-order valence-corrected chi connectivity index (χ3v) is 1.77. The van der Waals surface area contributed by atoms with Gasteiger partial charge in [-0.15, -0.1) is 0 Å². The number of rotatable bonds is 7. The van der Waals surface area contributed by atoms with E-state index in [0.29, 0.717) is 6.26 Å². The zero-order chi connectivity index (χ0) is 11.8. The first-order chi connectivity index (χ1) is 7.02. The summed E-state index contributed by atoms with van der Waals surface area (Å²) in [6.07, 6.45) is -2.40. The molecule has 0 aromatic carbocycles. The third-order valence-electron chi connectivity index (χ3n) is 1.77. The Labute approximate surface area is 87.4 Å². The molecule has 2 unspecified atom stereocenters. The van der Waals surface area contributed by atoms with Crippen molar-refractivity contribution in [3.8, 4) is 0 Å². The molecule has 0 heterocycles. The number of carbonyl (C=O) groups is 1. The van der Waals surface area contributed by atoms with Crippen LogP contribution in [-0.2, 0) is 9.53 Å². The van der Waals surface area contributed by atoms with E-state index in [2.05, 4.69) is 0 Å². The molecule has 0 spiro atoms. The van der Waals surface area contributed by atoms with Gasteiger partial charge >= 0.3 is 0 Å². The number of hydrogen-bond acceptors (Lipinski definition) is 6. The highest BCUT2D eigenvalue weighted by molar-refractivity contribution is 5.76. The molecule has 88 valence electrons.